The number of H-pyrrole nitrogens is 1. The molecule has 142 valence electrons. The van der Waals surface area contributed by atoms with Crippen LogP contribution in [0.15, 0.2) is 54.6 Å². The Morgan fingerprint density at radius 1 is 1.00 bits per heavy atom. The van der Waals surface area contributed by atoms with Gasteiger partial charge < -0.3 is 14.8 Å². The van der Waals surface area contributed by atoms with E-state index in [0.717, 1.165) is 27.7 Å². The van der Waals surface area contributed by atoms with E-state index in [9.17, 15) is 9.59 Å². The normalized spacial score (nSPS) is 22.0. The summed E-state index contributed by atoms with van der Waals surface area (Å²) in [5.74, 6) is 0.0583. The first-order valence-electron chi connectivity index (χ1n) is 9.82. The Labute approximate surface area is 163 Å². The van der Waals surface area contributed by atoms with Crippen molar-refractivity contribution in [2.75, 3.05) is 6.54 Å². The molecule has 0 bridgehead atoms. The minimum absolute atomic E-state index is 0.0106. The van der Waals surface area contributed by atoms with Gasteiger partial charge >= 0.3 is 0 Å². The number of carbonyl (C=O) groups excluding carboxylic acids is 2. The van der Waals surface area contributed by atoms with Crippen molar-refractivity contribution >= 4 is 22.7 Å². The summed E-state index contributed by atoms with van der Waals surface area (Å²) in [4.78, 5) is 33.6. The van der Waals surface area contributed by atoms with Crippen molar-refractivity contribution in [1.29, 1.82) is 0 Å². The number of fused-ring (bicyclic) bond motifs is 4. The number of aromatic amines is 1. The fourth-order valence-electron chi connectivity index (χ4n) is 4.71. The largest absolute Gasteiger partial charge is 0.356 e. The molecule has 0 radical (unpaired) electrons. The van der Waals surface area contributed by atoms with Gasteiger partial charge in [-0.05, 0) is 31.0 Å². The van der Waals surface area contributed by atoms with Crippen molar-refractivity contribution in [3.05, 3.63) is 71.4 Å². The van der Waals surface area contributed by atoms with E-state index in [1.54, 1.807) is 4.90 Å². The molecule has 2 aliphatic heterocycles. The molecule has 1 unspecified atom stereocenters. The second kappa shape index (κ2) is 6.23. The maximum Gasteiger partial charge on any atom is 0.246 e. The smallest absolute Gasteiger partial charge is 0.246 e. The highest BCUT2D eigenvalue weighted by atomic mass is 16.2. The molecule has 1 N–H and O–H groups in total. The van der Waals surface area contributed by atoms with Gasteiger partial charge in [-0.3, -0.25) is 9.59 Å². The SMILES string of the molecule is CC(C)N1CC(=O)N2C(c3ccccc3)c3[nH]c4ccccc4c3C[C@@H]2C1=O. The van der Waals surface area contributed by atoms with Crippen molar-refractivity contribution in [2.24, 2.45) is 0 Å². The second-order valence-electron chi connectivity index (χ2n) is 7.96. The van der Waals surface area contributed by atoms with Gasteiger partial charge in [0.25, 0.3) is 0 Å². The van der Waals surface area contributed by atoms with Crippen LogP contribution >= 0.6 is 0 Å². The summed E-state index contributed by atoms with van der Waals surface area (Å²) < 4.78 is 0. The molecule has 2 amide bonds. The first-order chi connectivity index (χ1) is 13.6. The van der Waals surface area contributed by atoms with E-state index in [4.69, 9.17) is 0 Å². The summed E-state index contributed by atoms with van der Waals surface area (Å²) in [5.41, 5.74) is 4.26. The molecule has 0 spiro atoms. The molecule has 5 heteroatoms. The minimum atomic E-state index is -0.458. The Morgan fingerprint density at radius 3 is 2.46 bits per heavy atom. The number of piperazine rings is 1. The lowest BCUT2D eigenvalue weighted by atomic mass is 9.86. The van der Waals surface area contributed by atoms with E-state index < -0.39 is 6.04 Å². The van der Waals surface area contributed by atoms with Crippen LogP contribution in [-0.2, 0) is 16.0 Å². The Hall–Kier alpha value is -3.08. The molecule has 3 aromatic rings. The number of nitrogens with one attached hydrogen (secondary N) is 1. The van der Waals surface area contributed by atoms with Crippen LogP contribution in [0, 0.1) is 0 Å². The third kappa shape index (κ3) is 2.39. The lowest BCUT2D eigenvalue weighted by Crippen LogP contribution is -2.64. The standard InChI is InChI=1S/C23H23N3O2/c1-14(2)25-13-20(27)26-19(23(25)28)12-17-16-10-6-7-11-18(16)24-21(17)22(26)15-8-4-3-5-9-15/h3-11,14,19,22,24H,12-13H2,1-2H3/t19-,22?/m1/s1. The predicted octanol–water partition coefficient (Wildman–Crippen LogP) is 3.26. The number of rotatable bonds is 2. The van der Waals surface area contributed by atoms with Crippen LogP contribution in [0.4, 0.5) is 0 Å². The molecular weight excluding hydrogens is 350 g/mol. The summed E-state index contributed by atoms with van der Waals surface area (Å²) in [6.45, 7) is 4.08. The minimum Gasteiger partial charge on any atom is -0.356 e. The van der Waals surface area contributed by atoms with Crippen LogP contribution in [0.25, 0.3) is 10.9 Å². The molecule has 0 aliphatic carbocycles. The molecule has 2 atom stereocenters. The van der Waals surface area contributed by atoms with E-state index in [1.807, 2.05) is 61.2 Å². The van der Waals surface area contributed by atoms with E-state index in [0.29, 0.717) is 6.42 Å². The maximum atomic E-state index is 13.3. The van der Waals surface area contributed by atoms with Crippen LogP contribution < -0.4 is 0 Å². The van der Waals surface area contributed by atoms with Gasteiger partial charge in [0.05, 0.1) is 6.04 Å². The van der Waals surface area contributed by atoms with Crippen LogP contribution in [0.2, 0.25) is 0 Å². The average molecular weight is 373 g/mol. The number of amides is 2. The Morgan fingerprint density at radius 2 is 1.71 bits per heavy atom. The maximum absolute atomic E-state index is 13.3. The van der Waals surface area contributed by atoms with Crippen molar-refractivity contribution in [3.63, 3.8) is 0 Å². The lowest BCUT2D eigenvalue weighted by molar-refractivity contribution is -0.160. The monoisotopic (exact) mass is 373 g/mol. The van der Waals surface area contributed by atoms with Crippen LogP contribution in [-0.4, -0.2) is 45.2 Å². The summed E-state index contributed by atoms with van der Waals surface area (Å²) in [7, 11) is 0. The first-order valence-corrected chi connectivity index (χ1v) is 9.82. The number of benzene rings is 2. The molecule has 1 saturated heterocycles. The van der Waals surface area contributed by atoms with Gasteiger partial charge in [-0.25, -0.2) is 0 Å². The number of para-hydroxylation sites is 1. The van der Waals surface area contributed by atoms with Gasteiger partial charge in [-0.15, -0.1) is 0 Å². The predicted molar refractivity (Wildman–Crippen MR) is 108 cm³/mol. The highest BCUT2D eigenvalue weighted by molar-refractivity contribution is 5.97. The van der Waals surface area contributed by atoms with Gasteiger partial charge in [0.2, 0.25) is 11.8 Å². The quantitative estimate of drug-likeness (QED) is 0.750. The molecule has 2 aromatic carbocycles. The van der Waals surface area contributed by atoms with Crippen LogP contribution in [0.5, 0.6) is 0 Å². The highest BCUT2D eigenvalue weighted by Crippen LogP contribution is 2.42. The first kappa shape index (κ1) is 17.0. The van der Waals surface area contributed by atoms with Crippen molar-refractivity contribution < 1.29 is 9.59 Å². The van der Waals surface area contributed by atoms with Gasteiger partial charge in [0.1, 0.15) is 12.6 Å². The number of hydrogen-bond acceptors (Lipinski definition) is 2. The fourth-order valence-corrected chi connectivity index (χ4v) is 4.71. The summed E-state index contributed by atoms with van der Waals surface area (Å²) >= 11 is 0. The molecule has 0 saturated carbocycles. The van der Waals surface area contributed by atoms with Crippen LogP contribution in [0.1, 0.15) is 36.7 Å². The summed E-state index contributed by atoms with van der Waals surface area (Å²) in [5, 5.41) is 1.14. The van der Waals surface area contributed by atoms with Crippen molar-refractivity contribution in [2.45, 2.75) is 38.4 Å². The molecule has 3 heterocycles. The number of nitrogens with zero attached hydrogens (tertiary/aromatic N) is 2. The summed E-state index contributed by atoms with van der Waals surface area (Å²) in [6, 6.07) is 17.5. The molecule has 28 heavy (non-hydrogen) atoms. The Kier molecular flexibility index (Phi) is 3.79. The third-order valence-corrected chi connectivity index (χ3v) is 6.03. The van der Waals surface area contributed by atoms with E-state index in [2.05, 4.69) is 17.1 Å². The highest BCUT2D eigenvalue weighted by Gasteiger charge is 2.48. The lowest BCUT2D eigenvalue weighted by Gasteiger charge is -2.48. The molecule has 2 aliphatic rings. The van der Waals surface area contributed by atoms with E-state index in [-0.39, 0.29) is 30.4 Å². The van der Waals surface area contributed by atoms with Gasteiger partial charge in [-0.2, -0.15) is 0 Å². The molecule has 1 fully saturated rings. The van der Waals surface area contributed by atoms with Gasteiger partial charge in [-0.1, -0.05) is 48.5 Å². The second-order valence-corrected chi connectivity index (χ2v) is 7.96. The zero-order valence-electron chi connectivity index (χ0n) is 16.1. The Bertz CT molecular complexity index is 1070. The molecule has 5 nitrogen and oxygen atoms in total. The van der Waals surface area contributed by atoms with Crippen molar-refractivity contribution in [1.82, 2.24) is 14.8 Å². The molecule has 5 rings (SSSR count). The Balaban J connectivity index is 1.73. The fraction of sp³-hybridized carbons (Fsp3) is 0.304. The summed E-state index contributed by atoms with van der Waals surface area (Å²) in [6.07, 6.45) is 0.552. The topological polar surface area (TPSA) is 56.4 Å². The third-order valence-electron chi connectivity index (χ3n) is 6.03. The van der Waals surface area contributed by atoms with Gasteiger partial charge in [0, 0.05) is 29.1 Å². The van der Waals surface area contributed by atoms with Gasteiger partial charge in [0.15, 0.2) is 0 Å². The zero-order chi connectivity index (χ0) is 19.4. The zero-order valence-corrected chi connectivity index (χ0v) is 16.1. The number of hydrogen-bond donors (Lipinski definition) is 1. The van der Waals surface area contributed by atoms with Crippen LogP contribution in [0.3, 0.4) is 0 Å². The van der Waals surface area contributed by atoms with Crippen molar-refractivity contribution in [3.8, 4) is 0 Å². The molecular formula is C23H23N3O2. The van der Waals surface area contributed by atoms with E-state index in [1.165, 1.54) is 0 Å². The molecule has 1 aromatic heterocycles. The average Bonchev–Trinajstić information content (AvgIpc) is 3.08. The number of aromatic nitrogens is 1. The van der Waals surface area contributed by atoms with E-state index >= 15 is 0 Å². The number of carbonyl (C=O) groups is 2.